The van der Waals surface area contributed by atoms with E-state index < -0.39 is 12.0 Å². The second-order valence-corrected chi connectivity index (χ2v) is 5.65. The van der Waals surface area contributed by atoms with Gasteiger partial charge in [-0.15, -0.1) is 11.8 Å². The van der Waals surface area contributed by atoms with E-state index >= 15 is 0 Å². The first-order valence-electron chi connectivity index (χ1n) is 5.76. The number of carbonyl (C=O) groups is 2. The monoisotopic (exact) mass is 265 g/mol. The maximum absolute atomic E-state index is 11.8. The van der Waals surface area contributed by atoms with Crippen molar-refractivity contribution in [1.82, 2.24) is 5.32 Å². The topological polar surface area (TPSA) is 66.4 Å². The van der Waals surface area contributed by atoms with E-state index in [1.165, 1.54) is 11.8 Å². The molecular formula is C13H15NO3S. The summed E-state index contributed by atoms with van der Waals surface area (Å²) in [7, 11) is 0. The van der Waals surface area contributed by atoms with E-state index in [1.807, 2.05) is 25.1 Å². The highest BCUT2D eigenvalue weighted by atomic mass is 32.2. The van der Waals surface area contributed by atoms with Gasteiger partial charge in [-0.05, 0) is 18.9 Å². The third-order valence-electron chi connectivity index (χ3n) is 2.87. The molecule has 0 aliphatic carbocycles. The molecule has 0 spiro atoms. The lowest BCUT2D eigenvalue weighted by Gasteiger charge is -2.26. The van der Waals surface area contributed by atoms with Crippen LogP contribution in [0.25, 0.3) is 0 Å². The van der Waals surface area contributed by atoms with Gasteiger partial charge in [-0.1, -0.05) is 29.8 Å². The Morgan fingerprint density at radius 3 is 2.94 bits per heavy atom. The van der Waals surface area contributed by atoms with Gasteiger partial charge in [-0.3, -0.25) is 4.79 Å². The highest BCUT2D eigenvalue weighted by Gasteiger charge is 2.32. The maximum atomic E-state index is 11.8. The molecule has 0 bridgehead atoms. The van der Waals surface area contributed by atoms with Gasteiger partial charge in [0.15, 0.2) is 0 Å². The third kappa shape index (κ3) is 3.04. The molecule has 1 aromatic carbocycles. The smallest absolute Gasteiger partial charge is 0.327 e. The number of aliphatic carboxylic acids is 1. The van der Waals surface area contributed by atoms with Crippen LogP contribution in [0, 0.1) is 6.92 Å². The molecule has 96 valence electrons. The summed E-state index contributed by atoms with van der Waals surface area (Å²) in [5.74, 6) is -0.720. The predicted octanol–water partition coefficient (Wildman–Crippen LogP) is 1.22. The first kappa shape index (κ1) is 13.0. The Hall–Kier alpha value is -1.49. The van der Waals surface area contributed by atoms with Crippen molar-refractivity contribution in [3.63, 3.8) is 0 Å². The minimum Gasteiger partial charge on any atom is -0.480 e. The van der Waals surface area contributed by atoms with Gasteiger partial charge in [0.2, 0.25) is 5.91 Å². The lowest BCUT2D eigenvalue weighted by molar-refractivity contribution is -0.141. The average molecular weight is 265 g/mol. The molecule has 4 nitrogen and oxygen atoms in total. The number of carboxylic acid groups (broad SMARTS) is 1. The predicted molar refractivity (Wildman–Crippen MR) is 70.7 cm³/mol. The van der Waals surface area contributed by atoms with Crippen molar-refractivity contribution in [2.75, 3.05) is 5.75 Å². The molecule has 1 aliphatic rings. The quantitative estimate of drug-likeness (QED) is 0.862. The lowest BCUT2D eigenvalue weighted by atomic mass is 10.1. The zero-order valence-electron chi connectivity index (χ0n) is 10.1. The Balaban J connectivity index is 1.99. The van der Waals surface area contributed by atoms with Crippen molar-refractivity contribution in [1.29, 1.82) is 0 Å². The minimum atomic E-state index is -0.968. The van der Waals surface area contributed by atoms with E-state index in [9.17, 15) is 9.59 Å². The van der Waals surface area contributed by atoms with E-state index in [1.54, 1.807) is 0 Å². The van der Waals surface area contributed by atoms with Crippen LogP contribution in [0.5, 0.6) is 0 Å². The second-order valence-electron chi connectivity index (χ2n) is 4.41. The molecule has 2 N–H and O–H groups in total. The third-order valence-corrected chi connectivity index (χ3v) is 4.18. The van der Waals surface area contributed by atoms with E-state index in [4.69, 9.17) is 5.11 Å². The second kappa shape index (κ2) is 5.44. The Labute approximate surface area is 110 Å². The summed E-state index contributed by atoms with van der Waals surface area (Å²) in [6, 6.07) is 7.27. The number of amides is 1. The van der Waals surface area contributed by atoms with E-state index in [0.29, 0.717) is 12.2 Å². The highest BCUT2D eigenvalue weighted by molar-refractivity contribution is 8.00. The van der Waals surface area contributed by atoms with Crippen molar-refractivity contribution in [2.45, 2.75) is 24.6 Å². The van der Waals surface area contributed by atoms with Gasteiger partial charge in [0.1, 0.15) is 6.04 Å². The van der Waals surface area contributed by atoms with Crippen LogP contribution in [0.2, 0.25) is 0 Å². The molecule has 1 fully saturated rings. The van der Waals surface area contributed by atoms with Crippen molar-refractivity contribution >= 4 is 23.6 Å². The zero-order chi connectivity index (χ0) is 13.1. The first-order chi connectivity index (χ1) is 8.56. The van der Waals surface area contributed by atoms with Crippen LogP contribution in [-0.2, 0) is 16.0 Å². The van der Waals surface area contributed by atoms with Crippen molar-refractivity contribution < 1.29 is 14.7 Å². The number of hydrogen-bond acceptors (Lipinski definition) is 3. The van der Waals surface area contributed by atoms with Crippen LogP contribution in [0.1, 0.15) is 11.1 Å². The Morgan fingerprint density at radius 1 is 1.56 bits per heavy atom. The van der Waals surface area contributed by atoms with Gasteiger partial charge >= 0.3 is 5.97 Å². The molecule has 5 heteroatoms. The molecule has 1 saturated heterocycles. The summed E-state index contributed by atoms with van der Waals surface area (Å²) in [6.45, 7) is 2.01. The van der Waals surface area contributed by atoms with Crippen molar-refractivity contribution in [3.05, 3.63) is 35.4 Å². The largest absolute Gasteiger partial charge is 0.480 e. The molecule has 0 radical (unpaired) electrons. The molecule has 2 rings (SSSR count). The summed E-state index contributed by atoms with van der Waals surface area (Å²) >= 11 is 1.42. The van der Waals surface area contributed by atoms with Gasteiger partial charge in [-0.25, -0.2) is 4.79 Å². The average Bonchev–Trinajstić information content (AvgIpc) is 2.31. The van der Waals surface area contributed by atoms with Gasteiger partial charge in [0.25, 0.3) is 0 Å². The van der Waals surface area contributed by atoms with Crippen LogP contribution in [0.4, 0.5) is 0 Å². The molecule has 1 aromatic rings. The molecular weight excluding hydrogens is 250 g/mol. The standard InChI is InChI=1S/C13H15NO3S/c1-8-3-2-4-9(5-8)6-11-12(15)14-10(7-18-11)13(16)17/h2-5,10-11H,6-7H2,1H3,(H,14,15)(H,16,17)/t10-,11-/m1/s1. The number of thioether (sulfide) groups is 1. The SMILES string of the molecule is Cc1cccc(C[C@H]2SC[C@H](C(=O)O)NC2=O)c1. The number of nitrogens with one attached hydrogen (secondary N) is 1. The maximum Gasteiger partial charge on any atom is 0.327 e. The molecule has 0 aromatic heterocycles. The summed E-state index contributed by atoms with van der Waals surface area (Å²) in [4.78, 5) is 22.6. The van der Waals surface area contributed by atoms with Gasteiger partial charge < -0.3 is 10.4 Å². The number of benzene rings is 1. The van der Waals surface area contributed by atoms with Crippen LogP contribution < -0.4 is 5.32 Å². The molecule has 1 aliphatic heterocycles. The summed E-state index contributed by atoms with van der Waals surface area (Å²) < 4.78 is 0. The Bertz CT molecular complexity index is 475. The Morgan fingerprint density at radius 2 is 2.33 bits per heavy atom. The zero-order valence-corrected chi connectivity index (χ0v) is 10.9. The molecule has 1 amide bonds. The molecule has 0 saturated carbocycles. The fourth-order valence-electron chi connectivity index (χ4n) is 1.93. The summed E-state index contributed by atoms with van der Waals surface area (Å²) in [6.07, 6.45) is 0.643. The summed E-state index contributed by atoms with van der Waals surface area (Å²) in [5.41, 5.74) is 2.27. The van der Waals surface area contributed by atoms with Crippen LogP contribution in [0.15, 0.2) is 24.3 Å². The number of aryl methyl sites for hydroxylation is 1. The van der Waals surface area contributed by atoms with Gasteiger partial charge in [-0.2, -0.15) is 0 Å². The lowest BCUT2D eigenvalue weighted by Crippen LogP contribution is -2.51. The fourth-order valence-corrected chi connectivity index (χ4v) is 3.11. The number of hydrogen-bond donors (Lipinski definition) is 2. The van der Waals surface area contributed by atoms with Gasteiger partial charge in [0, 0.05) is 5.75 Å². The number of rotatable bonds is 3. The van der Waals surface area contributed by atoms with Crippen LogP contribution >= 0.6 is 11.8 Å². The molecule has 1 heterocycles. The number of carbonyl (C=O) groups excluding carboxylic acids is 1. The highest BCUT2D eigenvalue weighted by Crippen LogP contribution is 2.22. The van der Waals surface area contributed by atoms with Crippen molar-refractivity contribution in [3.8, 4) is 0 Å². The first-order valence-corrected chi connectivity index (χ1v) is 6.81. The summed E-state index contributed by atoms with van der Waals surface area (Å²) in [5, 5.41) is 11.2. The molecule has 2 atom stereocenters. The van der Waals surface area contributed by atoms with E-state index in [2.05, 4.69) is 11.4 Å². The molecule has 18 heavy (non-hydrogen) atoms. The normalized spacial score (nSPS) is 23.5. The van der Waals surface area contributed by atoms with E-state index in [0.717, 1.165) is 11.1 Å². The number of carboxylic acids is 1. The molecule has 0 unspecified atom stereocenters. The minimum absolute atomic E-state index is 0.180. The fraction of sp³-hybridized carbons (Fsp3) is 0.385. The van der Waals surface area contributed by atoms with Crippen LogP contribution in [0.3, 0.4) is 0 Å². The van der Waals surface area contributed by atoms with Gasteiger partial charge in [0.05, 0.1) is 5.25 Å². The van der Waals surface area contributed by atoms with Crippen molar-refractivity contribution in [2.24, 2.45) is 0 Å². The Kier molecular flexibility index (Phi) is 3.91. The van der Waals surface area contributed by atoms with Crippen LogP contribution in [-0.4, -0.2) is 34.0 Å². The van der Waals surface area contributed by atoms with E-state index in [-0.39, 0.29) is 11.2 Å².